The van der Waals surface area contributed by atoms with Gasteiger partial charge in [0, 0.05) is 11.9 Å². The van der Waals surface area contributed by atoms with Crippen LogP contribution in [0.25, 0.3) is 22.0 Å². The third kappa shape index (κ3) is 2.56. The molecule has 0 atom stereocenters. The van der Waals surface area contributed by atoms with Gasteiger partial charge in [0.05, 0.1) is 5.69 Å². The molecule has 1 fully saturated rings. The lowest BCUT2D eigenvalue weighted by atomic mass is 9.95. The number of aromatic nitrogens is 1. The number of hydrogen-bond acceptors (Lipinski definition) is 1. The summed E-state index contributed by atoms with van der Waals surface area (Å²) >= 11 is 0. The van der Waals surface area contributed by atoms with Gasteiger partial charge in [0.15, 0.2) is 0 Å². The van der Waals surface area contributed by atoms with Gasteiger partial charge in [-0.1, -0.05) is 61.9 Å². The molecular formula is C22H23NO. The molecule has 1 aromatic heterocycles. The molecule has 4 rings (SSSR count). The zero-order valence-electron chi connectivity index (χ0n) is 14.2. The Morgan fingerprint density at radius 3 is 2.29 bits per heavy atom. The number of rotatable bonds is 5. The van der Waals surface area contributed by atoms with E-state index >= 15 is 0 Å². The molecule has 2 aromatic carbocycles. The van der Waals surface area contributed by atoms with E-state index in [4.69, 9.17) is 0 Å². The SMILES string of the molecule is CCCCn1c(-c2ccccc2)c(C2CC2)c2ccccc2c1=O. The summed E-state index contributed by atoms with van der Waals surface area (Å²) in [6.07, 6.45) is 4.58. The second kappa shape index (κ2) is 6.27. The molecular weight excluding hydrogens is 294 g/mol. The van der Waals surface area contributed by atoms with Crippen molar-refractivity contribution in [3.05, 3.63) is 70.5 Å². The standard InChI is InChI=1S/C22H23NO/c1-2-3-15-23-21(17-9-5-4-6-10-17)20(16-13-14-16)18-11-7-8-12-19(18)22(23)24/h4-12,16H,2-3,13-15H2,1H3. The van der Waals surface area contributed by atoms with Crippen molar-refractivity contribution in [2.24, 2.45) is 0 Å². The summed E-state index contributed by atoms with van der Waals surface area (Å²) in [5.41, 5.74) is 3.85. The Labute approximate surface area is 142 Å². The Balaban J connectivity index is 2.09. The Kier molecular flexibility index (Phi) is 3.97. The molecule has 0 radical (unpaired) electrons. The van der Waals surface area contributed by atoms with E-state index in [-0.39, 0.29) is 5.56 Å². The molecule has 122 valence electrons. The van der Waals surface area contributed by atoms with Crippen molar-refractivity contribution in [3.63, 3.8) is 0 Å². The minimum Gasteiger partial charge on any atom is -0.307 e. The molecule has 2 nitrogen and oxygen atoms in total. The molecule has 1 heterocycles. The van der Waals surface area contributed by atoms with Crippen LogP contribution in [0.3, 0.4) is 0 Å². The maximum Gasteiger partial charge on any atom is 0.258 e. The Hall–Kier alpha value is -2.35. The normalized spacial score (nSPS) is 14.2. The summed E-state index contributed by atoms with van der Waals surface area (Å²) in [7, 11) is 0. The van der Waals surface area contributed by atoms with E-state index in [9.17, 15) is 4.79 Å². The first-order valence-electron chi connectivity index (χ1n) is 9.02. The third-order valence-corrected chi connectivity index (χ3v) is 4.99. The Morgan fingerprint density at radius 2 is 1.62 bits per heavy atom. The van der Waals surface area contributed by atoms with Crippen molar-refractivity contribution in [1.29, 1.82) is 0 Å². The van der Waals surface area contributed by atoms with Crippen molar-refractivity contribution in [2.45, 2.75) is 45.1 Å². The molecule has 1 aliphatic carbocycles. The van der Waals surface area contributed by atoms with Gasteiger partial charge in [-0.3, -0.25) is 4.79 Å². The van der Waals surface area contributed by atoms with Crippen LogP contribution in [0.1, 0.15) is 44.1 Å². The van der Waals surface area contributed by atoms with Gasteiger partial charge in [-0.05, 0) is 47.8 Å². The highest BCUT2D eigenvalue weighted by Gasteiger charge is 2.30. The first kappa shape index (κ1) is 15.2. The third-order valence-electron chi connectivity index (χ3n) is 4.99. The molecule has 24 heavy (non-hydrogen) atoms. The van der Waals surface area contributed by atoms with E-state index in [2.05, 4.69) is 43.3 Å². The zero-order valence-corrected chi connectivity index (χ0v) is 14.2. The van der Waals surface area contributed by atoms with Gasteiger partial charge < -0.3 is 4.57 Å². The lowest BCUT2D eigenvalue weighted by Crippen LogP contribution is -2.24. The fraction of sp³-hybridized carbons (Fsp3) is 0.318. The number of hydrogen-bond donors (Lipinski definition) is 0. The highest BCUT2D eigenvalue weighted by atomic mass is 16.1. The Bertz CT molecular complexity index is 920. The molecule has 0 spiro atoms. The van der Waals surface area contributed by atoms with Crippen LogP contribution in [0.2, 0.25) is 0 Å². The summed E-state index contributed by atoms with van der Waals surface area (Å²) in [5.74, 6) is 0.596. The van der Waals surface area contributed by atoms with Crippen molar-refractivity contribution >= 4 is 10.8 Å². The van der Waals surface area contributed by atoms with Gasteiger partial charge in [-0.25, -0.2) is 0 Å². The summed E-state index contributed by atoms with van der Waals surface area (Å²) in [5, 5.41) is 2.02. The van der Waals surface area contributed by atoms with Gasteiger partial charge in [0.2, 0.25) is 0 Å². The smallest absolute Gasteiger partial charge is 0.258 e. The monoisotopic (exact) mass is 317 g/mol. The molecule has 0 N–H and O–H groups in total. The average molecular weight is 317 g/mol. The minimum atomic E-state index is 0.155. The van der Waals surface area contributed by atoms with Crippen LogP contribution in [0.15, 0.2) is 59.4 Å². The highest BCUT2D eigenvalue weighted by molar-refractivity contribution is 5.91. The van der Waals surface area contributed by atoms with Crippen LogP contribution in [-0.2, 0) is 6.54 Å². The van der Waals surface area contributed by atoms with Crippen molar-refractivity contribution < 1.29 is 0 Å². The molecule has 3 aromatic rings. The van der Waals surface area contributed by atoms with E-state index < -0.39 is 0 Å². The second-order valence-electron chi connectivity index (χ2n) is 6.76. The van der Waals surface area contributed by atoms with Crippen LogP contribution < -0.4 is 5.56 Å². The fourth-order valence-corrected chi connectivity index (χ4v) is 3.65. The lowest BCUT2D eigenvalue weighted by Gasteiger charge is -2.20. The van der Waals surface area contributed by atoms with E-state index in [0.717, 1.165) is 35.9 Å². The van der Waals surface area contributed by atoms with Crippen LogP contribution in [0, 0.1) is 0 Å². The summed E-state index contributed by atoms with van der Waals surface area (Å²) < 4.78 is 2.04. The predicted molar refractivity (Wildman–Crippen MR) is 101 cm³/mol. The number of benzene rings is 2. The first-order chi connectivity index (χ1) is 11.8. The number of nitrogens with zero attached hydrogens (tertiary/aromatic N) is 1. The molecule has 1 saturated carbocycles. The maximum absolute atomic E-state index is 13.2. The quantitative estimate of drug-likeness (QED) is 0.622. The van der Waals surface area contributed by atoms with E-state index in [0.29, 0.717) is 5.92 Å². The van der Waals surface area contributed by atoms with E-state index in [1.54, 1.807) is 0 Å². The van der Waals surface area contributed by atoms with Crippen molar-refractivity contribution in [2.75, 3.05) is 0 Å². The van der Waals surface area contributed by atoms with Crippen molar-refractivity contribution in [3.8, 4) is 11.3 Å². The molecule has 0 aliphatic heterocycles. The van der Waals surface area contributed by atoms with Gasteiger partial charge in [-0.2, -0.15) is 0 Å². The second-order valence-corrected chi connectivity index (χ2v) is 6.76. The lowest BCUT2D eigenvalue weighted by molar-refractivity contribution is 0.619. The molecule has 2 heteroatoms. The highest BCUT2D eigenvalue weighted by Crippen LogP contribution is 2.46. The topological polar surface area (TPSA) is 22.0 Å². The van der Waals surface area contributed by atoms with Crippen LogP contribution >= 0.6 is 0 Å². The van der Waals surface area contributed by atoms with Gasteiger partial charge in [0.1, 0.15) is 0 Å². The van der Waals surface area contributed by atoms with Crippen molar-refractivity contribution in [1.82, 2.24) is 4.57 Å². The maximum atomic E-state index is 13.2. The van der Waals surface area contributed by atoms with Gasteiger partial charge in [0.25, 0.3) is 5.56 Å². The first-order valence-corrected chi connectivity index (χ1v) is 9.02. The van der Waals surface area contributed by atoms with E-state index in [1.807, 2.05) is 22.8 Å². The predicted octanol–water partition coefficient (Wildman–Crippen LogP) is 5.35. The van der Waals surface area contributed by atoms with Gasteiger partial charge in [-0.15, -0.1) is 0 Å². The molecule has 0 unspecified atom stereocenters. The zero-order chi connectivity index (χ0) is 16.5. The Morgan fingerprint density at radius 1 is 0.958 bits per heavy atom. The van der Waals surface area contributed by atoms with E-state index in [1.165, 1.54) is 24.0 Å². The summed E-state index contributed by atoms with van der Waals surface area (Å²) in [4.78, 5) is 13.2. The molecule has 0 bridgehead atoms. The number of unbranched alkanes of at least 4 members (excludes halogenated alkanes) is 1. The molecule has 1 aliphatic rings. The van der Waals surface area contributed by atoms with Gasteiger partial charge >= 0.3 is 0 Å². The largest absolute Gasteiger partial charge is 0.307 e. The number of fused-ring (bicyclic) bond motifs is 1. The summed E-state index contributed by atoms with van der Waals surface area (Å²) in [6.45, 7) is 2.97. The van der Waals surface area contributed by atoms with Crippen LogP contribution in [0.4, 0.5) is 0 Å². The molecule has 0 saturated heterocycles. The van der Waals surface area contributed by atoms with Crippen LogP contribution in [0.5, 0.6) is 0 Å². The summed E-state index contributed by atoms with van der Waals surface area (Å²) in [6, 6.07) is 18.6. The van der Waals surface area contributed by atoms with Crippen LogP contribution in [-0.4, -0.2) is 4.57 Å². The molecule has 0 amide bonds. The minimum absolute atomic E-state index is 0.155. The fourth-order valence-electron chi connectivity index (χ4n) is 3.65. The number of pyridine rings is 1. The average Bonchev–Trinajstić information content (AvgIpc) is 3.46.